The molecule has 25 heavy (non-hydrogen) atoms. The number of carbonyl (C=O) groups is 2. The first-order valence-corrected chi connectivity index (χ1v) is 7.59. The van der Waals surface area contributed by atoms with Crippen LogP contribution in [0.4, 0.5) is 16.2 Å². The molecule has 0 spiro atoms. The molecule has 3 rings (SSSR count). The highest BCUT2D eigenvalue weighted by Gasteiger charge is 2.08. The highest BCUT2D eigenvalue weighted by molar-refractivity contribution is 6.02. The minimum atomic E-state index is -0.316. The van der Waals surface area contributed by atoms with Crippen LogP contribution in [-0.2, 0) is 6.54 Å². The van der Waals surface area contributed by atoms with Crippen molar-refractivity contribution < 1.29 is 14.0 Å². The zero-order chi connectivity index (χ0) is 17.5. The number of nitrogens with one attached hydrogen (secondary N) is 3. The number of urea groups is 1. The van der Waals surface area contributed by atoms with Gasteiger partial charge in [-0.1, -0.05) is 12.1 Å². The molecule has 0 bridgehead atoms. The van der Waals surface area contributed by atoms with Crippen molar-refractivity contribution in [1.82, 2.24) is 10.3 Å². The van der Waals surface area contributed by atoms with E-state index in [-0.39, 0.29) is 17.7 Å². The molecule has 126 valence electrons. The first-order chi connectivity index (χ1) is 12.2. The normalized spacial score (nSPS) is 10.1. The Bertz CT molecular complexity index is 831. The summed E-state index contributed by atoms with van der Waals surface area (Å²) in [5.74, 6) is -0.0652. The summed E-state index contributed by atoms with van der Waals surface area (Å²) in [4.78, 5) is 27.6. The molecule has 7 nitrogen and oxygen atoms in total. The van der Waals surface area contributed by atoms with E-state index in [1.807, 2.05) is 12.1 Å². The van der Waals surface area contributed by atoms with Gasteiger partial charge in [0.1, 0.15) is 0 Å². The molecule has 3 amide bonds. The summed E-state index contributed by atoms with van der Waals surface area (Å²) < 4.78 is 5.03. The Balaban J connectivity index is 1.49. The van der Waals surface area contributed by atoms with E-state index in [2.05, 4.69) is 20.9 Å². The van der Waals surface area contributed by atoms with E-state index in [1.54, 1.807) is 48.8 Å². The Labute approximate surface area is 144 Å². The van der Waals surface area contributed by atoms with Crippen molar-refractivity contribution in [3.63, 3.8) is 0 Å². The molecule has 0 unspecified atom stereocenters. The lowest BCUT2D eigenvalue weighted by Gasteiger charge is -2.08. The Kier molecular flexibility index (Phi) is 5.06. The topological polar surface area (TPSA) is 96.3 Å². The van der Waals surface area contributed by atoms with Crippen molar-refractivity contribution in [3.8, 4) is 0 Å². The van der Waals surface area contributed by atoms with E-state index in [0.717, 1.165) is 5.56 Å². The maximum atomic E-state index is 11.9. The van der Waals surface area contributed by atoms with E-state index in [0.29, 0.717) is 17.9 Å². The third-order valence-corrected chi connectivity index (χ3v) is 3.33. The molecule has 0 aliphatic heterocycles. The smallest absolute Gasteiger partial charge is 0.319 e. The summed E-state index contributed by atoms with van der Waals surface area (Å²) in [6.07, 6.45) is 4.64. The predicted octanol–water partition coefficient (Wildman–Crippen LogP) is 3.25. The lowest BCUT2D eigenvalue weighted by atomic mass is 10.2. The molecule has 0 aliphatic rings. The number of anilines is 2. The molecule has 0 saturated heterocycles. The minimum absolute atomic E-state index is 0.248. The van der Waals surface area contributed by atoms with Crippen LogP contribution in [-0.4, -0.2) is 16.9 Å². The molecule has 2 aromatic heterocycles. The average Bonchev–Trinajstić information content (AvgIpc) is 3.17. The van der Waals surface area contributed by atoms with Crippen molar-refractivity contribution in [3.05, 3.63) is 78.5 Å². The van der Waals surface area contributed by atoms with Crippen molar-refractivity contribution in [2.24, 2.45) is 0 Å². The third-order valence-electron chi connectivity index (χ3n) is 3.33. The van der Waals surface area contributed by atoms with Crippen molar-refractivity contribution >= 4 is 23.3 Å². The van der Waals surface area contributed by atoms with Crippen LogP contribution in [0.5, 0.6) is 0 Å². The number of carbonyl (C=O) groups excluding carboxylic acids is 2. The number of rotatable bonds is 5. The highest BCUT2D eigenvalue weighted by Crippen LogP contribution is 2.12. The largest absolute Gasteiger partial charge is 0.459 e. The summed E-state index contributed by atoms with van der Waals surface area (Å²) in [5.41, 5.74) is 2.17. The van der Waals surface area contributed by atoms with Gasteiger partial charge in [-0.05, 0) is 42.0 Å². The lowest BCUT2D eigenvalue weighted by Crippen LogP contribution is -2.28. The number of hydrogen-bond donors (Lipinski definition) is 3. The molecule has 1 aromatic carbocycles. The monoisotopic (exact) mass is 336 g/mol. The fraction of sp³-hybridized carbons (Fsp3) is 0.0556. The van der Waals surface area contributed by atoms with Crippen LogP contribution in [0.3, 0.4) is 0 Å². The molecule has 0 fully saturated rings. The molecular weight excluding hydrogens is 320 g/mol. The number of hydrogen-bond acceptors (Lipinski definition) is 4. The van der Waals surface area contributed by atoms with Crippen LogP contribution in [0.2, 0.25) is 0 Å². The third kappa shape index (κ3) is 4.68. The summed E-state index contributed by atoms with van der Waals surface area (Å²) in [7, 11) is 0. The fourth-order valence-corrected chi connectivity index (χ4v) is 2.10. The minimum Gasteiger partial charge on any atom is -0.459 e. The van der Waals surface area contributed by atoms with Crippen LogP contribution in [0, 0.1) is 0 Å². The summed E-state index contributed by atoms with van der Waals surface area (Å²) >= 11 is 0. The standard InChI is InChI=1S/C18H16N4O3/c23-17(16-4-2-10-25-16)21-14-7-5-13(6-8-14)11-20-18(24)22-15-3-1-9-19-12-15/h1-10,12H,11H2,(H,21,23)(H2,20,22,24). The SMILES string of the molecule is O=C(NCc1ccc(NC(=O)c2ccco2)cc1)Nc1cccnc1. The summed E-state index contributed by atoms with van der Waals surface area (Å²) in [5, 5.41) is 8.16. The van der Waals surface area contributed by atoms with Gasteiger partial charge in [0.2, 0.25) is 0 Å². The molecule has 0 atom stereocenters. The number of amides is 3. The van der Waals surface area contributed by atoms with Gasteiger partial charge in [0, 0.05) is 18.4 Å². The Hall–Kier alpha value is -3.61. The molecule has 0 aliphatic carbocycles. The number of pyridine rings is 1. The summed E-state index contributed by atoms with van der Waals surface area (Å²) in [6, 6.07) is 13.6. The van der Waals surface area contributed by atoms with Gasteiger partial charge in [0.05, 0.1) is 18.1 Å². The van der Waals surface area contributed by atoms with E-state index in [4.69, 9.17) is 4.42 Å². The fourth-order valence-electron chi connectivity index (χ4n) is 2.10. The quantitative estimate of drug-likeness (QED) is 0.666. The van der Waals surface area contributed by atoms with Gasteiger partial charge in [0.25, 0.3) is 5.91 Å². The van der Waals surface area contributed by atoms with Crippen LogP contribution in [0.25, 0.3) is 0 Å². The van der Waals surface area contributed by atoms with E-state index in [9.17, 15) is 9.59 Å². The second-order valence-corrected chi connectivity index (χ2v) is 5.18. The zero-order valence-corrected chi connectivity index (χ0v) is 13.2. The first-order valence-electron chi connectivity index (χ1n) is 7.59. The van der Waals surface area contributed by atoms with Crippen LogP contribution in [0.1, 0.15) is 16.1 Å². The Morgan fingerprint density at radius 2 is 1.80 bits per heavy atom. The average molecular weight is 336 g/mol. The number of benzene rings is 1. The number of aromatic nitrogens is 1. The van der Waals surface area contributed by atoms with Gasteiger partial charge in [0.15, 0.2) is 5.76 Å². The van der Waals surface area contributed by atoms with Crippen molar-refractivity contribution in [2.45, 2.75) is 6.54 Å². The van der Waals surface area contributed by atoms with Gasteiger partial charge in [-0.25, -0.2) is 4.79 Å². The molecule has 2 heterocycles. The summed E-state index contributed by atoms with van der Waals surface area (Å²) in [6.45, 7) is 0.360. The predicted molar refractivity (Wildman–Crippen MR) is 93.2 cm³/mol. The Morgan fingerprint density at radius 3 is 2.48 bits per heavy atom. The van der Waals surface area contributed by atoms with Gasteiger partial charge >= 0.3 is 6.03 Å². The van der Waals surface area contributed by atoms with Gasteiger partial charge < -0.3 is 20.4 Å². The molecule has 0 saturated carbocycles. The maximum Gasteiger partial charge on any atom is 0.319 e. The van der Waals surface area contributed by atoms with Crippen molar-refractivity contribution in [2.75, 3.05) is 10.6 Å². The Morgan fingerprint density at radius 1 is 0.960 bits per heavy atom. The van der Waals surface area contributed by atoms with Crippen LogP contribution in [0.15, 0.2) is 71.6 Å². The van der Waals surface area contributed by atoms with Crippen molar-refractivity contribution in [1.29, 1.82) is 0 Å². The molecule has 3 aromatic rings. The second kappa shape index (κ2) is 7.78. The van der Waals surface area contributed by atoms with E-state index in [1.165, 1.54) is 6.26 Å². The lowest BCUT2D eigenvalue weighted by molar-refractivity contribution is 0.0996. The molecule has 7 heteroatoms. The number of furan rings is 1. The van der Waals surface area contributed by atoms with E-state index < -0.39 is 0 Å². The maximum absolute atomic E-state index is 11.9. The highest BCUT2D eigenvalue weighted by atomic mass is 16.3. The first kappa shape index (κ1) is 16.3. The molecule has 3 N–H and O–H groups in total. The number of nitrogens with zero attached hydrogens (tertiary/aromatic N) is 1. The van der Waals surface area contributed by atoms with Gasteiger partial charge in [-0.3, -0.25) is 9.78 Å². The second-order valence-electron chi connectivity index (χ2n) is 5.18. The van der Waals surface area contributed by atoms with Gasteiger partial charge in [-0.15, -0.1) is 0 Å². The van der Waals surface area contributed by atoms with Gasteiger partial charge in [-0.2, -0.15) is 0 Å². The molecule has 0 radical (unpaired) electrons. The van der Waals surface area contributed by atoms with Crippen LogP contribution < -0.4 is 16.0 Å². The molecular formula is C18H16N4O3. The van der Waals surface area contributed by atoms with Crippen LogP contribution >= 0.6 is 0 Å². The zero-order valence-electron chi connectivity index (χ0n) is 13.2. The van der Waals surface area contributed by atoms with E-state index >= 15 is 0 Å².